The molecule has 59 heavy (non-hydrogen) atoms. The second kappa shape index (κ2) is 15.2. The average Bonchev–Trinajstić information content (AvgIpc) is 3.85. The van der Waals surface area contributed by atoms with Crippen LogP contribution in [0.1, 0.15) is 82.7 Å². The van der Waals surface area contributed by atoms with Gasteiger partial charge in [-0.3, -0.25) is 18.8 Å². The zero-order valence-electron chi connectivity index (χ0n) is 32.1. The predicted molar refractivity (Wildman–Crippen MR) is 205 cm³/mol. The number of halogens is 7. The summed E-state index contributed by atoms with van der Waals surface area (Å²) in [6, 6.07) is 17.7. The number of carbonyl (C=O) groups is 1. The fourth-order valence-corrected chi connectivity index (χ4v) is 8.21. The van der Waals surface area contributed by atoms with Gasteiger partial charge in [-0.1, -0.05) is 56.3 Å². The van der Waals surface area contributed by atoms with Crippen LogP contribution in [0.3, 0.4) is 0 Å². The molecular formula is C42H38F7N4O5P. The van der Waals surface area contributed by atoms with Crippen LogP contribution in [-0.4, -0.2) is 34.9 Å². The van der Waals surface area contributed by atoms with Gasteiger partial charge in [0.05, 0.1) is 45.9 Å². The maximum atomic E-state index is 16.1. The number of phosphoric acid groups is 1. The third-order valence-corrected chi connectivity index (χ3v) is 11.4. The molecular weight excluding hydrogens is 804 g/mol. The topological polar surface area (TPSA) is 110 Å². The van der Waals surface area contributed by atoms with Gasteiger partial charge in [0.1, 0.15) is 5.82 Å². The molecule has 0 fully saturated rings. The summed E-state index contributed by atoms with van der Waals surface area (Å²) in [6.07, 6.45) is -7.48. The lowest BCUT2D eigenvalue weighted by atomic mass is 9.96. The molecule has 6 aromatic rings. The smallest absolute Gasteiger partial charge is 0.303 e. The fraction of sp³-hybridized carbons (Fsp3) is 0.286. The lowest BCUT2D eigenvalue weighted by Crippen LogP contribution is -2.36. The van der Waals surface area contributed by atoms with Gasteiger partial charge in [-0.15, -0.1) is 0 Å². The SMILES string of the molecule is CCc1cccc(CC)c1-n1nc2c(c1-c1ccc(F)c3c1ccn3C(=O)c1ccccc1COP(=O)(O)O)CN(Cc1ccc(C(F)(F)F)cc1C(F)(F)F)C2(C)C. The van der Waals surface area contributed by atoms with E-state index in [2.05, 4.69) is 4.52 Å². The third-order valence-electron chi connectivity index (χ3n) is 10.9. The summed E-state index contributed by atoms with van der Waals surface area (Å²) >= 11 is 0. The molecule has 0 saturated heterocycles. The van der Waals surface area contributed by atoms with Crippen LogP contribution >= 0.6 is 7.82 Å². The van der Waals surface area contributed by atoms with Crippen molar-refractivity contribution < 1.29 is 54.4 Å². The molecule has 0 bridgehead atoms. The van der Waals surface area contributed by atoms with Crippen LogP contribution in [0.15, 0.2) is 85.1 Å². The Hall–Kier alpha value is -5.12. The molecule has 0 radical (unpaired) electrons. The largest absolute Gasteiger partial charge is 0.469 e. The van der Waals surface area contributed by atoms with Gasteiger partial charge in [-0.05, 0) is 85.3 Å². The van der Waals surface area contributed by atoms with Crippen LogP contribution in [0.25, 0.3) is 27.8 Å². The molecule has 1 aliphatic rings. The van der Waals surface area contributed by atoms with Gasteiger partial charge in [0, 0.05) is 41.4 Å². The molecule has 0 amide bonds. The Kier molecular flexibility index (Phi) is 10.8. The molecule has 2 N–H and O–H groups in total. The highest BCUT2D eigenvalue weighted by Crippen LogP contribution is 2.48. The van der Waals surface area contributed by atoms with Gasteiger partial charge in [0.15, 0.2) is 0 Å². The number of nitrogens with zero attached hydrogens (tertiary/aromatic N) is 4. The van der Waals surface area contributed by atoms with E-state index in [1.54, 1.807) is 35.6 Å². The zero-order chi connectivity index (χ0) is 42.8. The molecule has 0 atom stereocenters. The number of rotatable bonds is 10. The maximum absolute atomic E-state index is 16.1. The third kappa shape index (κ3) is 7.75. The quantitative estimate of drug-likeness (QED) is 0.104. The molecule has 2 aromatic heterocycles. The molecule has 310 valence electrons. The Morgan fingerprint density at radius 2 is 1.53 bits per heavy atom. The summed E-state index contributed by atoms with van der Waals surface area (Å²) in [5.74, 6) is -1.48. The van der Waals surface area contributed by atoms with Gasteiger partial charge in [0.25, 0.3) is 5.91 Å². The summed E-state index contributed by atoms with van der Waals surface area (Å²) in [6.45, 7) is 6.53. The van der Waals surface area contributed by atoms with E-state index in [0.717, 1.165) is 27.4 Å². The number of alkyl halides is 6. The van der Waals surface area contributed by atoms with Crippen LogP contribution in [0, 0.1) is 5.82 Å². The van der Waals surface area contributed by atoms with Crippen molar-refractivity contribution in [2.24, 2.45) is 0 Å². The Bertz CT molecular complexity index is 2640. The number of phosphoric ester groups is 1. The first kappa shape index (κ1) is 42.0. The van der Waals surface area contributed by atoms with Crippen molar-refractivity contribution >= 4 is 24.6 Å². The second-order valence-corrected chi connectivity index (χ2v) is 16.0. The average molecular weight is 843 g/mol. The normalized spacial score (nSPS) is 14.7. The first-order valence-corrected chi connectivity index (χ1v) is 20.1. The molecule has 0 spiro atoms. The summed E-state index contributed by atoms with van der Waals surface area (Å²) in [5, 5.41) is 5.43. The molecule has 0 saturated carbocycles. The molecule has 4 aromatic carbocycles. The van der Waals surface area contributed by atoms with Crippen molar-refractivity contribution in [3.8, 4) is 16.9 Å². The molecule has 1 aliphatic heterocycles. The van der Waals surface area contributed by atoms with Crippen molar-refractivity contribution in [2.45, 2.75) is 78.1 Å². The Morgan fingerprint density at radius 1 is 0.864 bits per heavy atom. The lowest BCUT2D eigenvalue weighted by molar-refractivity contribution is -0.143. The standard InChI is InChI=1S/C42H38F7N4O5P/c1-5-24-11-9-12-25(6-2)35(24)53-36(32-22-51(40(3,4)38(32)50-53)21-26-14-15-28(41(44,45)46)20-33(26)42(47,48)49)30-16-17-34(43)37-31(30)18-19-52(37)39(54)29-13-8-7-10-27(29)23-58-59(55,56)57/h7-20H,5-6,21-23H2,1-4H3,(H2,55,56,57). The number of carbonyl (C=O) groups excluding carboxylic acids is 1. The summed E-state index contributed by atoms with van der Waals surface area (Å²) < 4.78 is 119. The molecule has 7 rings (SSSR count). The van der Waals surface area contributed by atoms with Gasteiger partial charge in [-0.2, -0.15) is 31.4 Å². The van der Waals surface area contributed by atoms with Crippen molar-refractivity contribution in [1.29, 1.82) is 0 Å². The predicted octanol–water partition coefficient (Wildman–Crippen LogP) is 10.3. The van der Waals surface area contributed by atoms with Crippen LogP contribution in [0.5, 0.6) is 0 Å². The number of hydrogen-bond acceptors (Lipinski definition) is 5. The monoisotopic (exact) mass is 842 g/mol. The van der Waals surface area contributed by atoms with E-state index in [1.165, 1.54) is 36.5 Å². The van der Waals surface area contributed by atoms with E-state index in [-0.39, 0.29) is 46.7 Å². The Morgan fingerprint density at radius 3 is 2.15 bits per heavy atom. The summed E-state index contributed by atoms with van der Waals surface area (Å²) in [4.78, 5) is 34.4. The molecule has 3 heterocycles. The number of aromatic nitrogens is 3. The van der Waals surface area contributed by atoms with Crippen LogP contribution < -0.4 is 0 Å². The Balaban J connectivity index is 1.41. The number of para-hydroxylation sites is 1. The second-order valence-electron chi connectivity index (χ2n) is 14.8. The summed E-state index contributed by atoms with van der Waals surface area (Å²) in [5.41, 5.74) is 0.431. The molecule has 0 aliphatic carbocycles. The van der Waals surface area contributed by atoms with Gasteiger partial charge >= 0.3 is 20.2 Å². The minimum Gasteiger partial charge on any atom is -0.303 e. The van der Waals surface area contributed by atoms with E-state index in [1.807, 2.05) is 32.0 Å². The molecule has 0 unspecified atom stereocenters. The zero-order valence-corrected chi connectivity index (χ0v) is 33.0. The minimum absolute atomic E-state index is 0.00229. The van der Waals surface area contributed by atoms with Crippen molar-refractivity contribution in [3.05, 3.63) is 141 Å². The van der Waals surface area contributed by atoms with E-state index >= 15 is 4.39 Å². The van der Waals surface area contributed by atoms with E-state index < -0.39 is 55.2 Å². The van der Waals surface area contributed by atoms with Crippen molar-refractivity contribution in [2.75, 3.05) is 0 Å². The fourth-order valence-electron chi connectivity index (χ4n) is 7.90. The van der Waals surface area contributed by atoms with Crippen molar-refractivity contribution in [3.63, 3.8) is 0 Å². The van der Waals surface area contributed by atoms with Crippen LogP contribution in [-0.2, 0) is 59.5 Å². The van der Waals surface area contributed by atoms with Gasteiger partial charge < -0.3 is 9.79 Å². The van der Waals surface area contributed by atoms with Gasteiger partial charge in [0.2, 0.25) is 0 Å². The lowest BCUT2D eigenvalue weighted by Gasteiger charge is -2.33. The number of benzene rings is 4. The highest BCUT2D eigenvalue weighted by molar-refractivity contribution is 7.46. The number of hydrogen-bond donors (Lipinski definition) is 2. The van der Waals surface area contributed by atoms with Crippen LogP contribution in [0.4, 0.5) is 30.7 Å². The molecule has 9 nitrogen and oxygen atoms in total. The van der Waals surface area contributed by atoms with E-state index in [4.69, 9.17) is 5.10 Å². The minimum atomic E-state index is -5.08. The summed E-state index contributed by atoms with van der Waals surface area (Å²) in [7, 11) is -4.90. The highest BCUT2D eigenvalue weighted by atomic mass is 31.2. The maximum Gasteiger partial charge on any atom is 0.469 e. The first-order chi connectivity index (χ1) is 27.7. The molecule has 17 heteroatoms. The first-order valence-electron chi connectivity index (χ1n) is 18.5. The van der Waals surface area contributed by atoms with Crippen molar-refractivity contribution in [1.82, 2.24) is 19.2 Å². The van der Waals surface area contributed by atoms with E-state index in [0.29, 0.717) is 41.4 Å². The number of aryl methyl sites for hydroxylation is 2. The number of fused-ring (bicyclic) bond motifs is 2. The van der Waals surface area contributed by atoms with E-state index in [9.17, 15) is 45.5 Å². The highest BCUT2D eigenvalue weighted by Gasteiger charge is 2.45. The Labute approximate surface area is 333 Å². The van der Waals surface area contributed by atoms with Gasteiger partial charge in [-0.25, -0.2) is 13.6 Å². The van der Waals surface area contributed by atoms with Crippen LogP contribution in [0.2, 0.25) is 0 Å².